The number of benzene rings is 3. The van der Waals surface area contributed by atoms with Crippen LogP contribution < -0.4 is 5.32 Å². The lowest BCUT2D eigenvalue weighted by Crippen LogP contribution is -2.37. The zero-order chi connectivity index (χ0) is 25.6. The Hall–Kier alpha value is -3.37. The molecule has 0 saturated heterocycles. The summed E-state index contributed by atoms with van der Waals surface area (Å²) >= 11 is 0. The maximum atomic E-state index is 13.8. The van der Waals surface area contributed by atoms with Gasteiger partial charge in [-0.05, 0) is 59.9 Å². The first-order valence-electron chi connectivity index (χ1n) is 13.7. The number of carbonyl (C=O) groups is 1. The van der Waals surface area contributed by atoms with Gasteiger partial charge in [0.2, 0.25) is 5.91 Å². The highest BCUT2D eigenvalue weighted by atomic mass is 16.3. The number of hydrogen-bond donors (Lipinski definition) is 2. The van der Waals surface area contributed by atoms with Crippen LogP contribution in [0.15, 0.2) is 84.9 Å². The third-order valence-electron chi connectivity index (χ3n) is 8.05. The predicted molar refractivity (Wildman–Crippen MR) is 151 cm³/mol. The number of para-hydroxylation sites is 1. The summed E-state index contributed by atoms with van der Waals surface area (Å²) in [6.07, 6.45) is 6.99. The van der Waals surface area contributed by atoms with Gasteiger partial charge < -0.3 is 15.0 Å². The molecule has 1 saturated carbocycles. The third kappa shape index (κ3) is 5.80. The Labute approximate surface area is 220 Å². The monoisotopic (exact) mass is 494 g/mol. The number of fused-ring (bicyclic) bond motifs is 1. The lowest BCUT2D eigenvalue weighted by Gasteiger charge is -2.28. The van der Waals surface area contributed by atoms with Gasteiger partial charge in [0.15, 0.2) is 0 Å². The molecule has 2 unspecified atom stereocenters. The number of hydrogen-bond acceptors (Lipinski definition) is 2. The average molecular weight is 495 g/mol. The van der Waals surface area contributed by atoms with Gasteiger partial charge in [-0.15, -0.1) is 0 Å². The van der Waals surface area contributed by atoms with Crippen LogP contribution in [-0.2, 0) is 11.3 Å². The molecule has 1 aliphatic rings. The summed E-state index contributed by atoms with van der Waals surface area (Å²) < 4.78 is 2.35. The molecule has 2 N–H and O–H groups in total. The summed E-state index contributed by atoms with van der Waals surface area (Å²) in [5, 5.41) is 14.5. The molecule has 4 heteroatoms. The second-order valence-electron chi connectivity index (χ2n) is 10.6. The highest BCUT2D eigenvalue weighted by Gasteiger charge is 2.31. The van der Waals surface area contributed by atoms with E-state index >= 15 is 0 Å². The van der Waals surface area contributed by atoms with E-state index < -0.39 is 6.04 Å². The lowest BCUT2D eigenvalue weighted by atomic mass is 9.80. The maximum Gasteiger partial charge on any atom is 0.228 e. The number of carbonyl (C=O) groups excluding carboxylic acids is 1. The summed E-state index contributed by atoms with van der Waals surface area (Å²) in [6, 6.07) is 28.8. The number of amides is 1. The van der Waals surface area contributed by atoms with Gasteiger partial charge in [0.1, 0.15) is 0 Å². The van der Waals surface area contributed by atoms with E-state index in [-0.39, 0.29) is 18.4 Å². The summed E-state index contributed by atoms with van der Waals surface area (Å²) in [7, 11) is 0. The van der Waals surface area contributed by atoms with E-state index in [4.69, 9.17) is 0 Å². The van der Waals surface area contributed by atoms with Gasteiger partial charge in [-0.2, -0.15) is 0 Å². The number of nitrogens with one attached hydrogen (secondary N) is 1. The maximum absolute atomic E-state index is 13.8. The molecule has 0 bridgehead atoms. The minimum atomic E-state index is -0.397. The van der Waals surface area contributed by atoms with Crippen molar-refractivity contribution >= 4 is 16.8 Å². The third-order valence-corrected chi connectivity index (χ3v) is 8.05. The molecule has 3 aromatic carbocycles. The van der Waals surface area contributed by atoms with Crippen molar-refractivity contribution in [3.05, 3.63) is 107 Å². The van der Waals surface area contributed by atoms with E-state index in [1.54, 1.807) is 0 Å². The average Bonchev–Trinajstić information content (AvgIpc) is 3.07. The second-order valence-corrected chi connectivity index (χ2v) is 10.6. The zero-order valence-electron chi connectivity index (χ0n) is 21.8. The van der Waals surface area contributed by atoms with Crippen LogP contribution in [0.3, 0.4) is 0 Å². The van der Waals surface area contributed by atoms with Crippen molar-refractivity contribution < 1.29 is 9.90 Å². The number of aromatic nitrogens is 1. The molecule has 37 heavy (non-hydrogen) atoms. The predicted octanol–water partition coefficient (Wildman–Crippen LogP) is 6.90. The highest BCUT2D eigenvalue weighted by molar-refractivity contribution is 5.84. The molecule has 5 rings (SSSR count). The lowest BCUT2D eigenvalue weighted by molar-refractivity contribution is -0.125. The van der Waals surface area contributed by atoms with Gasteiger partial charge >= 0.3 is 0 Å². The summed E-state index contributed by atoms with van der Waals surface area (Å²) in [5.74, 6) is 0.132. The fourth-order valence-corrected chi connectivity index (χ4v) is 6.03. The Morgan fingerprint density at radius 1 is 0.892 bits per heavy atom. The van der Waals surface area contributed by atoms with Crippen LogP contribution >= 0.6 is 0 Å². The van der Waals surface area contributed by atoms with Crippen molar-refractivity contribution in [2.45, 2.75) is 64.0 Å². The standard InChI is InChI=1S/C33H38N2O2/c1-24-21-29-15-9-10-16-31(29)35(24)22-25-17-19-28(20-18-25)32(27-13-5-2-3-6-14-27)33(37)34-30(23-36)26-11-7-4-8-12-26/h4,7-12,15-21,27,30,32,36H,2-3,5-6,13-14,22-23H2,1H3,(H,34,37). The van der Waals surface area contributed by atoms with Crippen LogP contribution in [0.5, 0.6) is 0 Å². The van der Waals surface area contributed by atoms with Crippen LogP contribution in [0, 0.1) is 12.8 Å². The van der Waals surface area contributed by atoms with Gasteiger partial charge in [0.05, 0.1) is 18.6 Å². The molecular weight excluding hydrogens is 456 g/mol. The number of nitrogens with zero attached hydrogens (tertiary/aromatic N) is 1. The van der Waals surface area contributed by atoms with Gasteiger partial charge in [-0.3, -0.25) is 4.79 Å². The quantitative estimate of drug-likeness (QED) is 0.262. The van der Waals surface area contributed by atoms with Crippen molar-refractivity contribution in [1.82, 2.24) is 9.88 Å². The molecule has 192 valence electrons. The topological polar surface area (TPSA) is 54.3 Å². The van der Waals surface area contributed by atoms with Crippen molar-refractivity contribution in [1.29, 1.82) is 0 Å². The van der Waals surface area contributed by atoms with Crippen LogP contribution in [0.4, 0.5) is 0 Å². The van der Waals surface area contributed by atoms with Gasteiger partial charge in [-0.1, -0.05) is 98.5 Å². The van der Waals surface area contributed by atoms with E-state index in [2.05, 4.69) is 71.4 Å². The molecular formula is C33H38N2O2. The molecule has 2 atom stereocenters. The van der Waals surface area contributed by atoms with Crippen molar-refractivity contribution in [2.75, 3.05) is 6.61 Å². The number of aliphatic hydroxyl groups is 1. The van der Waals surface area contributed by atoms with Crippen molar-refractivity contribution in [3.8, 4) is 0 Å². The summed E-state index contributed by atoms with van der Waals surface area (Å²) in [4.78, 5) is 13.8. The minimum Gasteiger partial charge on any atom is -0.394 e. The summed E-state index contributed by atoms with van der Waals surface area (Å²) in [5.41, 5.74) is 5.73. The van der Waals surface area contributed by atoms with E-state index in [0.717, 1.165) is 30.5 Å². The number of aryl methyl sites for hydroxylation is 1. The Balaban J connectivity index is 1.40. The molecule has 4 nitrogen and oxygen atoms in total. The number of rotatable bonds is 8. The molecule has 1 aliphatic carbocycles. The van der Waals surface area contributed by atoms with Crippen LogP contribution in [0.25, 0.3) is 10.9 Å². The molecule has 0 aliphatic heterocycles. The molecule has 0 spiro atoms. The van der Waals surface area contributed by atoms with Crippen LogP contribution in [0.2, 0.25) is 0 Å². The molecule has 1 aromatic heterocycles. The molecule has 4 aromatic rings. The first-order valence-corrected chi connectivity index (χ1v) is 13.7. The Morgan fingerprint density at radius 2 is 1.57 bits per heavy atom. The van der Waals surface area contributed by atoms with Crippen LogP contribution in [-0.4, -0.2) is 22.2 Å². The Bertz CT molecular complexity index is 1300. The molecule has 0 radical (unpaired) electrons. The van der Waals surface area contributed by atoms with Gasteiger partial charge in [0, 0.05) is 17.8 Å². The van der Waals surface area contributed by atoms with Crippen molar-refractivity contribution in [3.63, 3.8) is 0 Å². The highest BCUT2D eigenvalue weighted by Crippen LogP contribution is 2.36. The first kappa shape index (κ1) is 25.3. The normalized spacial score (nSPS) is 16.3. The molecule has 1 amide bonds. The van der Waals surface area contributed by atoms with E-state index in [1.807, 2.05) is 30.3 Å². The van der Waals surface area contributed by atoms with Crippen LogP contribution in [0.1, 0.15) is 72.9 Å². The Kier molecular flexibility index (Phi) is 8.05. The zero-order valence-corrected chi connectivity index (χ0v) is 21.8. The SMILES string of the molecule is Cc1cc2ccccc2n1Cc1ccc(C(C(=O)NC(CO)c2ccccc2)C2CCCCCC2)cc1. The fourth-order valence-electron chi connectivity index (χ4n) is 6.03. The largest absolute Gasteiger partial charge is 0.394 e. The first-order chi connectivity index (χ1) is 18.1. The van der Waals surface area contributed by atoms with Gasteiger partial charge in [0.25, 0.3) is 0 Å². The number of aliphatic hydroxyl groups excluding tert-OH is 1. The van der Waals surface area contributed by atoms with E-state index in [9.17, 15) is 9.90 Å². The molecule has 1 fully saturated rings. The smallest absolute Gasteiger partial charge is 0.228 e. The molecule has 1 heterocycles. The van der Waals surface area contributed by atoms with Gasteiger partial charge in [-0.25, -0.2) is 0 Å². The second kappa shape index (κ2) is 11.8. The van der Waals surface area contributed by atoms with E-state index in [1.165, 1.54) is 47.8 Å². The van der Waals surface area contributed by atoms with E-state index in [0.29, 0.717) is 5.92 Å². The Morgan fingerprint density at radius 3 is 2.27 bits per heavy atom. The van der Waals surface area contributed by atoms with Crippen molar-refractivity contribution in [2.24, 2.45) is 5.92 Å². The fraction of sp³-hybridized carbons (Fsp3) is 0.364. The minimum absolute atomic E-state index is 0.0230. The summed E-state index contributed by atoms with van der Waals surface area (Å²) in [6.45, 7) is 2.85.